The number of methoxy groups -OCH3 is 1. The Morgan fingerprint density at radius 3 is 2.72 bits per heavy atom. The van der Waals surface area contributed by atoms with E-state index in [0.717, 1.165) is 6.42 Å². The Morgan fingerprint density at radius 2 is 2.08 bits per heavy atom. The maximum absolute atomic E-state index is 12.4. The minimum Gasteiger partial charge on any atom is -0.493 e. The quantitative estimate of drug-likeness (QED) is 0.541. The van der Waals surface area contributed by atoms with Crippen LogP contribution in [0.15, 0.2) is 40.9 Å². The number of nitrogens with one attached hydrogen (secondary N) is 1. The third-order valence-electron chi connectivity index (χ3n) is 3.26. The van der Waals surface area contributed by atoms with Crippen LogP contribution in [0.2, 0.25) is 0 Å². The molecular formula is C17H17BrN2O5. The number of nitro groups is 1. The van der Waals surface area contributed by atoms with E-state index in [9.17, 15) is 14.9 Å². The summed E-state index contributed by atoms with van der Waals surface area (Å²) in [5, 5.41) is 13.5. The van der Waals surface area contributed by atoms with Gasteiger partial charge in [-0.05, 0) is 40.5 Å². The fourth-order valence-electron chi connectivity index (χ4n) is 2.10. The Kier molecular flexibility index (Phi) is 6.35. The number of halogens is 1. The highest BCUT2D eigenvalue weighted by atomic mass is 79.9. The average Bonchev–Trinajstić information content (AvgIpc) is 2.60. The van der Waals surface area contributed by atoms with Crippen LogP contribution in [0.5, 0.6) is 11.5 Å². The van der Waals surface area contributed by atoms with E-state index in [-0.39, 0.29) is 5.69 Å². The van der Waals surface area contributed by atoms with Crippen molar-refractivity contribution in [3.05, 3.63) is 56.5 Å². The molecular weight excluding hydrogens is 392 g/mol. The van der Waals surface area contributed by atoms with Crippen LogP contribution in [0.4, 0.5) is 11.4 Å². The van der Waals surface area contributed by atoms with Crippen molar-refractivity contribution >= 4 is 33.2 Å². The van der Waals surface area contributed by atoms with Crippen LogP contribution in [0.1, 0.15) is 23.7 Å². The molecule has 1 N–H and O–H groups in total. The van der Waals surface area contributed by atoms with E-state index >= 15 is 0 Å². The van der Waals surface area contributed by atoms with Crippen LogP contribution in [0.3, 0.4) is 0 Å². The lowest BCUT2D eigenvalue weighted by Gasteiger charge is -2.14. The first kappa shape index (κ1) is 18.7. The Morgan fingerprint density at radius 1 is 1.32 bits per heavy atom. The number of anilines is 1. The van der Waals surface area contributed by atoms with Gasteiger partial charge in [0.1, 0.15) is 0 Å². The molecule has 0 aliphatic rings. The van der Waals surface area contributed by atoms with Gasteiger partial charge in [-0.15, -0.1) is 0 Å². The molecule has 132 valence electrons. The molecule has 0 aromatic heterocycles. The van der Waals surface area contributed by atoms with Crippen molar-refractivity contribution in [2.75, 3.05) is 19.0 Å². The van der Waals surface area contributed by atoms with Gasteiger partial charge in [0.2, 0.25) is 0 Å². The summed E-state index contributed by atoms with van der Waals surface area (Å²) in [5.41, 5.74) is 0.569. The van der Waals surface area contributed by atoms with Crippen LogP contribution in [0, 0.1) is 10.1 Å². The number of nitrogens with zero attached hydrogens (tertiary/aromatic N) is 1. The summed E-state index contributed by atoms with van der Waals surface area (Å²) >= 11 is 3.38. The second-order valence-corrected chi connectivity index (χ2v) is 5.95. The molecule has 0 saturated heterocycles. The number of hydrogen-bond donors (Lipinski definition) is 1. The average molecular weight is 409 g/mol. The van der Waals surface area contributed by atoms with Crippen molar-refractivity contribution in [2.24, 2.45) is 0 Å². The molecule has 2 aromatic rings. The minimum absolute atomic E-state index is 0.0973. The molecule has 2 rings (SSSR count). The molecule has 8 heteroatoms. The largest absolute Gasteiger partial charge is 0.493 e. The fourth-order valence-corrected chi connectivity index (χ4v) is 2.65. The van der Waals surface area contributed by atoms with Gasteiger partial charge >= 0.3 is 0 Å². The van der Waals surface area contributed by atoms with Gasteiger partial charge in [-0.2, -0.15) is 0 Å². The number of carbonyl (C=O) groups excluding carboxylic acids is 1. The number of amides is 1. The van der Waals surface area contributed by atoms with Gasteiger partial charge in [-0.1, -0.05) is 13.0 Å². The van der Waals surface area contributed by atoms with E-state index in [1.165, 1.54) is 25.3 Å². The SMILES string of the molecule is CCCOc1c(Br)cc(C(=O)Nc2cccc([N+](=O)[O-])c2)cc1OC. The fraction of sp³-hybridized carbons (Fsp3) is 0.235. The summed E-state index contributed by atoms with van der Waals surface area (Å²) < 4.78 is 11.5. The molecule has 2 aromatic carbocycles. The van der Waals surface area contributed by atoms with Gasteiger partial charge in [-0.3, -0.25) is 14.9 Å². The molecule has 0 fully saturated rings. The maximum atomic E-state index is 12.4. The van der Waals surface area contributed by atoms with E-state index in [1.807, 2.05) is 6.92 Å². The highest BCUT2D eigenvalue weighted by Crippen LogP contribution is 2.37. The number of rotatable bonds is 7. The van der Waals surface area contributed by atoms with Gasteiger partial charge in [0.15, 0.2) is 11.5 Å². The Balaban J connectivity index is 2.26. The summed E-state index contributed by atoms with van der Waals surface area (Å²) in [4.78, 5) is 22.7. The number of nitro benzene ring substituents is 1. The van der Waals surface area contributed by atoms with Crippen LogP contribution < -0.4 is 14.8 Å². The third-order valence-corrected chi connectivity index (χ3v) is 3.85. The first-order valence-electron chi connectivity index (χ1n) is 7.52. The lowest BCUT2D eigenvalue weighted by molar-refractivity contribution is -0.384. The number of ether oxygens (including phenoxy) is 2. The lowest BCUT2D eigenvalue weighted by Crippen LogP contribution is -2.12. The zero-order valence-corrected chi connectivity index (χ0v) is 15.3. The van der Waals surface area contributed by atoms with Crippen molar-refractivity contribution in [1.82, 2.24) is 0 Å². The predicted molar refractivity (Wildman–Crippen MR) is 97.5 cm³/mol. The van der Waals surface area contributed by atoms with Gasteiger partial charge in [0, 0.05) is 23.4 Å². The summed E-state index contributed by atoms with van der Waals surface area (Å²) in [6.07, 6.45) is 0.838. The molecule has 0 atom stereocenters. The van der Waals surface area contributed by atoms with E-state index in [4.69, 9.17) is 9.47 Å². The molecule has 7 nitrogen and oxygen atoms in total. The van der Waals surface area contributed by atoms with Gasteiger partial charge in [0.05, 0.1) is 23.1 Å². The van der Waals surface area contributed by atoms with E-state index in [1.54, 1.807) is 18.2 Å². The summed E-state index contributed by atoms with van der Waals surface area (Å²) in [6.45, 7) is 2.51. The van der Waals surface area contributed by atoms with Crippen LogP contribution in [0.25, 0.3) is 0 Å². The zero-order valence-electron chi connectivity index (χ0n) is 13.7. The van der Waals surface area contributed by atoms with Crippen molar-refractivity contribution < 1.29 is 19.2 Å². The van der Waals surface area contributed by atoms with E-state index in [0.29, 0.717) is 33.8 Å². The van der Waals surface area contributed by atoms with Crippen LogP contribution in [-0.2, 0) is 0 Å². The van der Waals surface area contributed by atoms with Gasteiger partial charge < -0.3 is 14.8 Å². The third kappa shape index (κ3) is 4.69. The second kappa shape index (κ2) is 8.48. The molecule has 0 radical (unpaired) electrons. The molecule has 0 aliphatic heterocycles. The first-order chi connectivity index (χ1) is 12.0. The van der Waals surface area contributed by atoms with Crippen molar-refractivity contribution in [3.8, 4) is 11.5 Å². The maximum Gasteiger partial charge on any atom is 0.271 e. The minimum atomic E-state index is -0.519. The predicted octanol–water partition coefficient (Wildman–Crippen LogP) is 4.41. The smallest absolute Gasteiger partial charge is 0.271 e. The monoisotopic (exact) mass is 408 g/mol. The van der Waals surface area contributed by atoms with Crippen molar-refractivity contribution in [3.63, 3.8) is 0 Å². The first-order valence-corrected chi connectivity index (χ1v) is 8.31. The standard InChI is InChI=1S/C17H17BrN2O5/c1-3-7-25-16-14(18)8-11(9-15(16)24-2)17(21)19-12-5-4-6-13(10-12)20(22)23/h4-6,8-10H,3,7H2,1-2H3,(H,19,21). The number of benzene rings is 2. The molecule has 0 bridgehead atoms. The lowest BCUT2D eigenvalue weighted by atomic mass is 10.1. The number of carbonyl (C=O) groups is 1. The second-order valence-electron chi connectivity index (χ2n) is 5.10. The summed E-state index contributed by atoms with van der Waals surface area (Å²) in [6, 6.07) is 8.91. The molecule has 0 saturated carbocycles. The number of non-ortho nitro benzene ring substituents is 1. The molecule has 0 spiro atoms. The summed E-state index contributed by atoms with van der Waals surface area (Å²) in [5.74, 6) is 0.532. The van der Waals surface area contributed by atoms with E-state index < -0.39 is 10.8 Å². The van der Waals surface area contributed by atoms with E-state index in [2.05, 4.69) is 21.2 Å². The molecule has 1 amide bonds. The summed E-state index contributed by atoms with van der Waals surface area (Å²) in [7, 11) is 1.49. The van der Waals surface area contributed by atoms with Crippen LogP contribution >= 0.6 is 15.9 Å². The number of hydrogen-bond acceptors (Lipinski definition) is 5. The molecule has 25 heavy (non-hydrogen) atoms. The van der Waals surface area contributed by atoms with Gasteiger partial charge in [-0.25, -0.2) is 0 Å². The zero-order chi connectivity index (χ0) is 18.4. The Bertz CT molecular complexity index is 795. The van der Waals surface area contributed by atoms with Crippen molar-refractivity contribution in [2.45, 2.75) is 13.3 Å². The molecule has 0 unspecified atom stereocenters. The van der Waals surface area contributed by atoms with Crippen LogP contribution in [-0.4, -0.2) is 24.5 Å². The highest BCUT2D eigenvalue weighted by molar-refractivity contribution is 9.10. The Hall–Kier alpha value is -2.61. The molecule has 0 aliphatic carbocycles. The van der Waals surface area contributed by atoms with Crippen molar-refractivity contribution in [1.29, 1.82) is 0 Å². The topological polar surface area (TPSA) is 90.7 Å². The van der Waals surface area contributed by atoms with Gasteiger partial charge in [0.25, 0.3) is 11.6 Å². The Labute approximate surface area is 153 Å². The normalized spacial score (nSPS) is 10.2. The molecule has 0 heterocycles. The highest BCUT2D eigenvalue weighted by Gasteiger charge is 2.16.